The van der Waals surface area contributed by atoms with Crippen LogP contribution in [0.15, 0.2) is 24.5 Å². The van der Waals surface area contributed by atoms with Gasteiger partial charge in [-0.25, -0.2) is 4.98 Å². The maximum atomic E-state index is 13.0. The fraction of sp³-hybridized carbons (Fsp3) is 0.381. The van der Waals surface area contributed by atoms with Crippen LogP contribution in [0.1, 0.15) is 48.2 Å². The number of anilines is 1. The van der Waals surface area contributed by atoms with Crippen molar-refractivity contribution in [2.45, 2.75) is 51.7 Å². The van der Waals surface area contributed by atoms with Gasteiger partial charge in [-0.05, 0) is 56.1 Å². The van der Waals surface area contributed by atoms with Crippen LogP contribution in [0.3, 0.4) is 0 Å². The fourth-order valence-corrected chi connectivity index (χ4v) is 4.39. The summed E-state index contributed by atoms with van der Waals surface area (Å²) in [7, 11) is 0. The van der Waals surface area contributed by atoms with Crippen molar-refractivity contribution in [3.05, 3.63) is 40.9 Å². The largest absolute Gasteiger partial charge is 0.466 e. The number of alkyl halides is 2. The van der Waals surface area contributed by atoms with E-state index >= 15 is 0 Å². The molecule has 0 radical (unpaired) electrons. The number of ether oxygens (including phenoxy) is 2. The van der Waals surface area contributed by atoms with Gasteiger partial charge in [0, 0.05) is 23.0 Å². The van der Waals surface area contributed by atoms with E-state index < -0.39 is 12.5 Å². The van der Waals surface area contributed by atoms with Gasteiger partial charge in [0.1, 0.15) is 11.3 Å². The summed E-state index contributed by atoms with van der Waals surface area (Å²) >= 11 is 7.10. The second-order valence-corrected chi connectivity index (χ2v) is 8.79. The first-order valence-electron chi connectivity index (χ1n) is 10.3. The van der Waals surface area contributed by atoms with Gasteiger partial charge in [0.2, 0.25) is 5.13 Å². The van der Waals surface area contributed by atoms with Crippen LogP contribution in [0.5, 0.6) is 10.9 Å². The van der Waals surface area contributed by atoms with Gasteiger partial charge in [-0.1, -0.05) is 23.1 Å². The summed E-state index contributed by atoms with van der Waals surface area (Å²) in [4.78, 5) is 21.0. The summed E-state index contributed by atoms with van der Waals surface area (Å²) in [5, 5.41) is 11.3. The van der Waals surface area contributed by atoms with Crippen molar-refractivity contribution in [3.8, 4) is 22.1 Å². The average molecular weight is 496 g/mol. The summed E-state index contributed by atoms with van der Waals surface area (Å²) in [5.41, 5.74) is 1.18. The van der Waals surface area contributed by atoms with E-state index in [1.165, 1.54) is 18.7 Å². The zero-order valence-corrected chi connectivity index (χ0v) is 19.1. The number of carbonyl (C=O) groups excluding carboxylic acids is 1. The third kappa shape index (κ3) is 5.91. The van der Waals surface area contributed by atoms with Crippen molar-refractivity contribution in [2.24, 2.45) is 0 Å². The third-order valence-electron chi connectivity index (χ3n) is 5.07. The molecule has 3 heterocycles. The SMILES string of the molecule is Cc1cc(-c2cc(Cl)ncc2OC(F)F)c(C(=O)Nc2nnc(OC3CCCCC3)s2)cn1. The Labute approximate surface area is 197 Å². The standard InChI is InChI=1S/C21H20ClF2N5O3S/c1-11-7-13(14-8-17(22)26-10-16(14)32-19(23)24)15(9-25-11)18(30)27-20-28-29-21(33-20)31-12-5-3-2-4-6-12/h7-10,12,19H,2-6H2,1H3,(H,27,28,30). The molecule has 0 aliphatic heterocycles. The summed E-state index contributed by atoms with van der Waals surface area (Å²) in [6, 6.07) is 2.93. The van der Waals surface area contributed by atoms with Crippen molar-refractivity contribution in [3.63, 3.8) is 0 Å². The lowest BCUT2D eigenvalue weighted by Gasteiger charge is -2.20. The second kappa shape index (κ2) is 10.3. The van der Waals surface area contributed by atoms with E-state index in [0.29, 0.717) is 16.5 Å². The number of rotatable bonds is 7. The minimum atomic E-state index is -3.07. The first kappa shape index (κ1) is 23.2. The lowest BCUT2D eigenvalue weighted by molar-refractivity contribution is -0.0496. The molecule has 12 heteroatoms. The number of hydrogen-bond donors (Lipinski definition) is 1. The van der Waals surface area contributed by atoms with Crippen LogP contribution in [-0.2, 0) is 0 Å². The van der Waals surface area contributed by atoms with Crippen molar-refractivity contribution >= 4 is 34.0 Å². The van der Waals surface area contributed by atoms with E-state index in [1.54, 1.807) is 13.0 Å². The van der Waals surface area contributed by atoms with Crippen LogP contribution in [0, 0.1) is 6.92 Å². The van der Waals surface area contributed by atoms with Crippen LogP contribution in [0.2, 0.25) is 5.15 Å². The van der Waals surface area contributed by atoms with E-state index in [-0.39, 0.29) is 33.3 Å². The normalized spacial score (nSPS) is 14.3. The molecule has 174 valence electrons. The number of carbonyl (C=O) groups is 1. The van der Waals surface area contributed by atoms with Crippen molar-refractivity contribution in [1.29, 1.82) is 0 Å². The Balaban J connectivity index is 1.58. The van der Waals surface area contributed by atoms with Gasteiger partial charge in [-0.15, -0.1) is 5.10 Å². The Bertz CT molecular complexity index is 1140. The minimum Gasteiger partial charge on any atom is -0.466 e. The second-order valence-electron chi connectivity index (χ2n) is 7.46. The predicted octanol–water partition coefficient (Wildman–Crippen LogP) is 5.52. The van der Waals surface area contributed by atoms with Gasteiger partial charge in [0.15, 0.2) is 5.75 Å². The Kier molecular flexibility index (Phi) is 7.29. The van der Waals surface area contributed by atoms with Crippen molar-refractivity contribution in [2.75, 3.05) is 5.32 Å². The molecule has 33 heavy (non-hydrogen) atoms. The fourth-order valence-electron chi connectivity index (χ4n) is 3.58. The maximum absolute atomic E-state index is 13.0. The monoisotopic (exact) mass is 495 g/mol. The average Bonchev–Trinajstić information content (AvgIpc) is 3.21. The number of halogens is 3. The van der Waals surface area contributed by atoms with Crippen molar-refractivity contribution in [1.82, 2.24) is 20.2 Å². The van der Waals surface area contributed by atoms with Crippen molar-refractivity contribution < 1.29 is 23.0 Å². The summed E-state index contributed by atoms with van der Waals surface area (Å²) in [6.45, 7) is -1.36. The quantitative estimate of drug-likeness (QED) is 0.430. The van der Waals surface area contributed by atoms with Crippen LogP contribution in [0.25, 0.3) is 11.1 Å². The van der Waals surface area contributed by atoms with Crippen LogP contribution in [-0.4, -0.2) is 38.8 Å². The summed E-state index contributed by atoms with van der Waals surface area (Å²) in [5.74, 6) is -0.762. The molecule has 1 N–H and O–H groups in total. The molecule has 3 aromatic rings. The molecular formula is C21H20ClF2N5O3S. The molecule has 1 aliphatic carbocycles. The first-order chi connectivity index (χ1) is 15.9. The number of aromatic nitrogens is 4. The van der Waals surface area contributed by atoms with Crippen LogP contribution in [0.4, 0.5) is 13.9 Å². The number of pyridine rings is 2. The molecule has 0 bridgehead atoms. The summed E-state index contributed by atoms with van der Waals surface area (Å²) in [6.07, 6.45) is 7.92. The minimum absolute atomic E-state index is 0.0565. The Hall–Kier alpha value is -2.92. The Morgan fingerprint density at radius 3 is 2.70 bits per heavy atom. The molecule has 8 nitrogen and oxygen atoms in total. The Morgan fingerprint density at radius 2 is 1.94 bits per heavy atom. The predicted molar refractivity (Wildman–Crippen MR) is 119 cm³/mol. The first-order valence-corrected chi connectivity index (χ1v) is 11.5. The van der Waals surface area contributed by atoms with Gasteiger partial charge in [-0.2, -0.15) is 8.78 Å². The number of nitrogens with zero attached hydrogens (tertiary/aromatic N) is 4. The molecule has 1 amide bonds. The molecule has 1 fully saturated rings. The highest BCUT2D eigenvalue weighted by molar-refractivity contribution is 7.17. The molecule has 0 unspecified atom stereocenters. The van der Waals surface area contributed by atoms with E-state index in [1.807, 2.05) is 0 Å². The Morgan fingerprint density at radius 1 is 1.15 bits per heavy atom. The van der Waals surface area contributed by atoms with Gasteiger partial charge < -0.3 is 9.47 Å². The number of aryl methyl sites for hydroxylation is 1. The van der Waals surface area contributed by atoms with Gasteiger partial charge in [-0.3, -0.25) is 15.1 Å². The number of nitrogens with one attached hydrogen (secondary N) is 1. The smallest absolute Gasteiger partial charge is 0.387 e. The molecule has 1 aliphatic rings. The molecule has 0 atom stereocenters. The van der Waals surface area contributed by atoms with Gasteiger partial charge >= 0.3 is 6.61 Å². The molecule has 1 saturated carbocycles. The lowest BCUT2D eigenvalue weighted by atomic mass is 9.98. The number of hydrogen-bond acceptors (Lipinski definition) is 8. The zero-order chi connectivity index (χ0) is 23.4. The maximum Gasteiger partial charge on any atom is 0.387 e. The van der Waals surface area contributed by atoms with E-state index in [4.69, 9.17) is 16.3 Å². The molecule has 0 spiro atoms. The lowest BCUT2D eigenvalue weighted by Crippen LogP contribution is -2.19. The van der Waals surface area contributed by atoms with E-state index in [2.05, 4.69) is 30.2 Å². The molecule has 4 rings (SSSR count). The molecule has 3 aromatic heterocycles. The van der Waals surface area contributed by atoms with Crippen LogP contribution >= 0.6 is 22.9 Å². The number of amides is 1. The topological polar surface area (TPSA) is 99.1 Å². The summed E-state index contributed by atoms with van der Waals surface area (Å²) < 4.78 is 36.3. The molecular weight excluding hydrogens is 476 g/mol. The third-order valence-corrected chi connectivity index (χ3v) is 6.01. The highest BCUT2D eigenvalue weighted by Crippen LogP contribution is 2.35. The zero-order valence-electron chi connectivity index (χ0n) is 17.6. The molecule has 0 saturated heterocycles. The highest BCUT2D eigenvalue weighted by Gasteiger charge is 2.22. The van der Waals surface area contributed by atoms with E-state index in [0.717, 1.165) is 43.2 Å². The molecule has 0 aromatic carbocycles. The van der Waals surface area contributed by atoms with Crippen LogP contribution < -0.4 is 14.8 Å². The van der Waals surface area contributed by atoms with E-state index in [9.17, 15) is 13.6 Å². The van der Waals surface area contributed by atoms with Gasteiger partial charge in [0.05, 0.1) is 11.8 Å². The van der Waals surface area contributed by atoms with Gasteiger partial charge in [0.25, 0.3) is 11.1 Å². The highest BCUT2D eigenvalue weighted by atomic mass is 35.5.